The summed E-state index contributed by atoms with van der Waals surface area (Å²) in [5.74, 6) is -0.451. The van der Waals surface area contributed by atoms with E-state index in [2.05, 4.69) is 0 Å². The monoisotopic (exact) mass is 583 g/mol. The fourth-order valence-electron chi connectivity index (χ4n) is 6.35. The molecule has 1 unspecified atom stereocenters. The average Bonchev–Trinajstić information content (AvgIpc) is 2.99. The van der Waals surface area contributed by atoms with E-state index in [9.17, 15) is 14.4 Å². The molecule has 1 fully saturated rings. The van der Waals surface area contributed by atoms with Crippen LogP contribution in [0, 0.1) is 5.92 Å². The molecule has 0 bridgehead atoms. The van der Waals surface area contributed by atoms with Gasteiger partial charge >= 0.3 is 0 Å². The number of nitrogens with two attached hydrogens (primary N) is 1. The van der Waals surface area contributed by atoms with Crippen LogP contribution in [0.2, 0.25) is 0 Å². The van der Waals surface area contributed by atoms with Crippen molar-refractivity contribution in [3.63, 3.8) is 0 Å². The number of Topliss-reactive ketones (excluding diaryl/α,β-unsaturated/α-hetero) is 1. The molecule has 5 rings (SSSR count). The standard InChI is InChI=1S/C31H37NO10/c1-15-13-41-22(10-18(15)32)42-20-12-31(40-6,21(33)14-36-2)11-17-24(20)30(39-5)26-25(29(17)38-4)27(34)16-8-7-9-19(37-3)23(16)28(26)35/h7-9,15,18,20,22H,10-14,32H2,1-6H3/t15-,18+,20-,22?,31-/m0/s1. The third-order valence-corrected chi connectivity index (χ3v) is 8.66. The van der Waals surface area contributed by atoms with Gasteiger partial charge in [-0.3, -0.25) is 14.4 Å². The molecule has 42 heavy (non-hydrogen) atoms. The molecule has 1 aliphatic heterocycles. The van der Waals surface area contributed by atoms with E-state index >= 15 is 0 Å². The fourth-order valence-corrected chi connectivity index (χ4v) is 6.35. The van der Waals surface area contributed by atoms with Crippen LogP contribution >= 0.6 is 0 Å². The van der Waals surface area contributed by atoms with Crippen LogP contribution < -0.4 is 19.9 Å². The van der Waals surface area contributed by atoms with Crippen LogP contribution in [-0.4, -0.2) is 84.0 Å². The summed E-state index contributed by atoms with van der Waals surface area (Å²) in [6.45, 7) is 2.20. The second kappa shape index (κ2) is 11.7. The van der Waals surface area contributed by atoms with Gasteiger partial charge in [-0.15, -0.1) is 0 Å². The fraction of sp³-hybridized carbons (Fsp3) is 0.516. The smallest absolute Gasteiger partial charge is 0.202 e. The Balaban J connectivity index is 1.76. The Labute approximate surface area is 244 Å². The molecule has 11 nitrogen and oxygen atoms in total. The first-order valence-corrected chi connectivity index (χ1v) is 13.8. The van der Waals surface area contributed by atoms with Crippen molar-refractivity contribution in [2.75, 3.05) is 48.8 Å². The predicted molar refractivity (Wildman–Crippen MR) is 150 cm³/mol. The number of ketones is 3. The van der Waals surface area contributed by atoms with Crippen LogP contribution in [0.15, 0.2) is 18.2 Å². The van der Waals surface area contributed by atoms with Gasteiger partial charge in [-0.2, -0.15) is 0 Å². The van der Waals surface area contributed by atoms with Gasteiger partial charge in [-0.05, 0) is 12.0 Å². The van der Waals surface area contributed by atoms with Crippen LogP contribution in [-0.2, 0) is 30.2 Å². The molecular formula is C31H37NO10. The lowest BCUT2D eigenvalue weighted by Gasteiger charge is -2.43. The van der Waals surface area contributed by atoms with Crippen molar-refractivity contribution >= 4 is 17.3 Å². The summed E-state index contributed by atoms with van der Waals surface area (Å²) in [6, 6.07) is 4.69. The molecule has 5 atom stereocenters. The van der Waals surface area contributed by atoms with Crippen molar-refractivity contribution in [3.05, 3.63) is 51.6 Å². The average molecular weight is 584 g/mol. The highest BCUT2D eigenvalue weighted by molar-refractivity contribution is 6.31. The molecule has 0 spiro atoms. The second-order valence-corrected chi connectivity index (χ2v) is 10.9. The van der Waals surface area contributed by atoms with Gasteiger partial charge in [0.05, 0.1) is 50.7 Å². The van der Waals surface area contributed by atoms with Gasteiger partial charge in [-0.25, -0.2) is 0 Å². The highest BCUT2D eigenvalue weighted by atomic mass is 16.7. The molecule has 0 radical (unpaired) electrons. The summed E-state index contributed by atoms with van der Waals surface area (Å²) in [7, 11) is 7.16. The Morgan fingerprint density at radius 3 is 2.33 bits per heavy atom. The Morgan fingerprint density at radius 1 is 1.00 bits per heavy atom. The normalized spacial score (nSPS) is 26.6. The quantitative estimate of drug-likeness (QED) is 0.397. The molecule has 1 heterocycles. The number of ether oxygens (including phenoxy) is 7. The predicted octanol–water partition coefficient (Wildman–Crippen LogP) is 2.80. The topological polar surface area (TPSA) is 142 Å². The zero-order chi connectivity index (χ0) is 30.3. The Bertz CT molecular complexity index is 1420. The van der Waals surface area contributed by atoms with Crippen molar-refractivity contribution in [2.24, 2.45) is 11.7 Å². The lowest BCUT2D eigenvalue weighted by Crippen LogP contribution is -2.50. The van der Waals surface area contributed by atoms with E-state index in [0.29, 0.717) is 24.2 Å². The maximum absolute atomic E-state index is 14.2. The Kier molecular flexibility index (Phi) is 8.41. The molecule has 2 aliphatic carbocycles. The zero-order valence-electron chi connectivity index (χ0n) is 24.7. The molecule has 11 heteroatoms. The SMILES string of the molecule is COCC(=O)[C@]1(OC)Cc2c(OC)c3c(c(OC)c2[C@@H](OC2C[C@@H](N)[C@@H](C)CO2)C1)C(=O)c1c(OC)cccc1C3=O. The van der Waals surface area contributed by atoms with Crippen LogP contribution in [0.3, 0.4) is 0 Å². The van der Waals surface area contributed by atoms with E-state index < -0.39 is 29.6 Å². The van der Waals surface area contributed by atoms with Crippen molar-refractivity contribution in [1.82, 2.24) is 0 Å². The number of methoxy groups -OCH3 is 5. The van der Waals surface area contributed by atoms with Gasteiger partial charge in [0, 0.05) is 56.2 Å². The summed E-state index contributed by atoms with van der Waals surface area (Å²) in [4.78, 5) is 41.8. The van der Waals surface area contributed by atoms with Crippen molar-refractivity contribution < 1.29 is 47.5 Å². The molecule has 0 saturated carbocycles. The second-order valence-electron chi connectivity index (χ2n) is 10.9. The van der Waals surface area contributed by atoms with Crippen LogP contribution in [0.1, 0.15) is 68.8 Å². The van der Waals surface area contributed by atoms with Gasteiger partial charge in [-0.1, -0.05) is 19.1 Å². The van der Waals surface area contributed by atoms with Crippen molar-refractivity contribution in [1.29, 1.82) is 0 Å². The summed E-state index contributed by atoms with van der Waals surface area (Å²) in [5.41, 5.74) is 6.34. The van der Waals surface area contributed by atoms with Gasteiger partial charge in [0.1, 0.15) is 29.5 Å². The first kappa shape index (κ1) is 30.1. The maximum atomic E-state index is 14.2. The summed E-state index contributed by atoms with van der Waals surface area (Å²) in [5, 5.41) is 0. The zero-order valence-corrected chi connectivity index (χ0v) is 24.7. The number of carbonyl (C=O) groups is 3. The number of hydrogen-bond donors (Lipinski definition) is 1. The Morgan fingerprint density at radius 2 is 1.71 bits per heavy atom. The molecule has 2 N–H and O–H groups in total. The van der Waals surface area contributed by atoms with E-state index in [0.717, 1.165) is 0 Å². The summed E-state index contributed by atoms with van der Waals surface area (Å²) >= 11 is 0. The van der Waals surface area contributed by atoms with Gasteiger partial charge in [0.25, 0.3) is 0 Å². The minimum absolute atomic E-state index is 0.0300. The number of carbonyl (C=O) groups excluding carboxylic acids is 3. The summed E-state index contributed by atoms with van der Waals surface area (Å²) < 4.78 is 40.9. The molecule has 2 aromatic carbocycles. The van der Waals surface area contributed by atoms with E-state index in [-0.39, 0.29) is 76.7 Å². The molecule has 1 saturated heterocycles. The van der Waals surface area contributed by atoms with E-state index in [1.54, 1.807) is 18.2 Å². The minimum atomic E-state index is -1.38. The highest BCUT2D eigenvalue weighted by Gasteiger charge is 2.51. The molecule has 226 valence electrons. The van der Waals surface area contributed by atoms with Gasteiger partial charge in [0.2, 0.25) is 5.78 Å². The molecule has 2 aromatic rings. The largest absolute Gasteiger partial charge is 0.496 e. The van der Waals surface area contributed by atoms with Gasteiger partial charge < -0.3 is 38.9 Å². The molecule has 0 amide bonds. The molecule has 0 aromatic heterocycles. The van der Waals surface area contributed by atoms with E-state index in [1.165, 1.54) is 35.5 Å². The molecular weight excluding hydrogens is 546 g/mol. The first-order valence-electron chi connectivity index (χ1n) is 13.8. The summed E-state index contributed by atoms with van der Waals surface area (Å²) in [6.07, 6.45) is -1.02. The van der Waals surface area contributed by atoms with Gasteiger partial charge in [0.15, 0.2) is 17.9 Å². The van der Waals surface area contributed by atoms with E-state index in [4.69, 9.17) is 38.9 Å². The number of benzene rings is 2. The Hall–Kier alpha value is -3.35. The number of fused-ring (bicyclic) bond motifs is 3. The van der Waals surface area contributed by atoms with Crippen LogP contribution in [0.5, 0.6) is 17.2 Å². The van der Waals surface area contributed by atoms with Crippen LogP contribution in [0.25, 0.3) is 0 Å². The molecule has 3 aliphatic rings. The number of rotatable bonds is 9. The lowest BCUT2D eigenvalue weighted by molar-refractivity contribution is -0.216. The lowest BCUT2D eigenvalue weighted by atomic mass is 9.71. The third kappa shape index (κ3) is 4.69. The number of hydrogen-bond acceptors (Lipinski definition) is 11. The van der Waals surface area contributed by atoms with Crippen molar-refractivity contribution in [3.8, 4) is 17.2 Å². The van der Waals surface area contributed by atoms with Crippen molar-refractivity contribution in [2.45, 2.75) is 50.2 Å². The van der Waals surface area contributed by atoms with Crippen LogP contribution in [0.4, 0.5) is 0 Å². The minimum Gasteiger partial charge on any atom is -0.496 e. The maximum Gasteiger partial charge on any atom is 0.202 e. The van der Waals surface area contributed by atoms with E-state index in [1.807, 2.05) is 6.92 Å². The first-order chi connectivity index (χ1) is 20.2. The third-order valence-electron chi connectivity index (χ3n) is 8.66. The highest BCUT2D eigenvalue weighted by Crippen LogP contribution is 2.53.